The van der Waals surface area contributed by atoms with E-state index in [2.05, 4.69) is 10.3 Å². The summed E-state index contributed by atoms with van der Waals surface area (Å²) in [6.07, 6.45) is 0.835. The summed E-state index contributed by atoms with van der Waals surface area (Å²) in [5.41, 5.74) is 7.94. The SMILES string of the molecule is COC1(CNc2cc3[nH]c(=O)oc3cc2N)CCOC1. The van der Waals surface area contributed by atoms with Gasteiger partial charge in [0.2, 0.25) is 0 Å². The molecule has 1 aliphatic rings. The van der Waals surface area contributed by atoms with Crippen LogP contribution in [-0.2, 0) is 9.47 Å². The second-order valence-corrected chi connectivity index (χ2v) is 4.99. The van der Waals surface area contributed by atoms with Gasteiger partial charge in [-0.2, -0.15) is 0 Å². The van der Waals surface area contributed by atoms with Crippen molar-refractivity contribution in [3.05, 3.63) is 22.7 Å². The van der Waals surface area contributed by atoms with Crippen LogP contribution < -0.4 is 16.8 Å². The van der Waals surface area contributed by atoms with Crippen LogP contribution >= 0.6 is 0 Å². The summed E-state index contributed by atoms with van der Waals surface area (Å²) in [4.78, 5) is 13.8. The third-order valence-electron chi connectivity index (χ3n) is 3.69. The van der Waals surface area contributed by atoms with E-state index in [1.54, 1.807) is 19.2 Å². The minimum atomic E-state index is -0.492. The van der Waals surface area contributed by atoms with Crippen LogP contribution in [0, 0.1) is 0 Å². The monoisotopic (exact) mass is 279 g/mol. The van der Waals surface area contributed by atoms with Gasteiger partial charge in [0.25, 0.3) is 0 Å². The van der Waals surface area contributed by atoms with Gasteiger partial charge in [0.15, 0.2) is 5.58 Å². The topological polar surface area (TPSA) is 103 Å². The highest BCUT2D eigenvalue weighted by Gasteiger charge is 2.34. The van der Waals surface area contributed by atoms with E-state index in [1.807, 2.05) is 0 Å². The molecule has 0 bridgehead atoms. The van der Waals surface area contributed by atoms with Crippen molar-refractivity contribution in [2.75, 3.05) is 37.9 Å². The average Bonchev–Trinajstić information content (AvgIpc) is 3.02. The Morgan fingerprint density at radius 3 is 3.10 bits per heavy atom. The maximum atomic E-state index is 11.2. The van der Waals surface area contributed by atoms with E-state index >= 15 is 0 Å². The van der Waals surface area contributed by atoms with Gasteiger partial charge >= 0.3 is 5.76 Å². The minimum Gasteiger partial charge on any atom is -0.408 e. The zero-order valence-electron chi connectivity index (χ0n) is 11.2. The number of nitrogens with one attached hydrogen (secondary N) is 2. The maximum Gasteiger partial charge on any atom is 0.417 e. The molecule has 0 aliphatic carbocycles. The van der Waals surface area contributed by atoms with Gasteiger partial charge in [0, 0.05) is 32.7 Å². The molecule has 20 heavy (non-hydrogen) atoms. The summed E-state index contributed by atoms with van der Waals surface area (Å²) in [5.74, 6) is -0.492. The molecule has 1 aliphatic heterocycles. The van der Waals surface area contributed by atoms with Gasteiger partial charge in [0.1, 0.15) is 5.60 Å². The van der Waals surface area contributed by atoms with Crippen LogP contribution in [0.4, 0.5) is 11.4 Å². The molecule has 1 aromatic heterocycles. The van der Waals surface area contributed by atoms with Crippen molar-refractivity contribution < 1.29 is 13.9 Å². The smallest absolute Gasteiger partial charge is 0.408 e. The predicted molar refractivity (Wildman–Crippen MR) is 74.9 cm³/mol. The molecule has 1 saturated heterocycles. The molecule has 1 unspecified atom stereocenters. The number of anilines is 2. The molecule has 7 nitrogen and oxygen atoms in total. The fourth-order valence-electron chi connectivity index (χ4n) is 2.38. The molecule has 0 spiro atoms. The van der Waals surface area contributed by atoms with Crippen molar-refractivity contribution in [3.8, 4) is 0 Å². The van der Waals surface area contributed by atoms with Crippen molar-refractivity contribution >= 4 is 22.5 Å². The van der Waals surface area contributed by atoms with Crippen LogP contribution in [0.25, 0.3) is 11.1 Å². The number of rotatable bonds is 4. The highest BCUT2D eigenvalue weighted by Crippen LogP contribution is 2.27. The molecule has 3 rings (SSSR count). The number of ether oxygens (including phenoxy) is 2. The first-order chi connectivity index (χ1) is 9.62. The largest absolute Gasteiger partial charge is 0.417 e. The van der Waals surface area contributed by atoms with E-state index in [9.17, 15) is 4.79 Å². The Bertz CT molecular complexity index is 670. The summed E-state index contributed by atoms with van der Waals surface area (Å²) in [7, 11) is 1.68. The van der Waals surface area contributed by atoms with Crippen LogP contribution in [0.3, 0.4) is 0 Å². The van der Waals surface area contributed by atoms with Crippen LogP contribution in [0.15, 0.2) is 21.3 Å². The van der Waals surface area contributed by atoms with Crippen LogP contribution in [-0.4, -0.2) is 37.5 Å². The second kappa shape index (κ2) is 4.84. The Kier molecular flexibility index (Phi) is 3.15. The lowest BCUT2D eigenvalue weighted by molar-refractivity contribution is -0.00618. The van der Waals surface area contributed by atoms with Gasteiger partial charge in [-0.15, -0.1) is 0 Å². The van der Waals surface area contributed by atoms with E-state index in [0.717, 1.165) is 12.1 Å². The third kappa shape index (κ3) is 2.25. The predicted octanol–water partition coefficient (Wildman–Crippen LogP) is 0.921. The Balaban J connectivity index is 1.83. The van der Waals surface area contributed by atoms with Gasteiger partial charge in [-0.3, -0.25) is 4.98 Å². The van der Waals surface area contributed by atoms with Crippen LogP contribution in [0.5, 0.6) is 0 Å². The standard InChI is InChI=1S/C13H17N3O4/c1-18-13(2-3-19-7-13)6-15-9-5-10-11(4-8(9)14)20-12(17)16-10/h4-5,15H,2-3,6-7,14H2,1H3,(H,16,17). The number of benzene rings is 1. The summed E-state index contributed by atoms with van der Waals surface area (Å²) < 4.78 is 15.9. The van der Waals surface area contributed by atoms with E-state index in [0.29, 0.717) is 36.5 Å². The van der Waals surface area contributed by atoms with Gasteiger partial charge in [-0.1, -0.05) is 0 Å². The maximum absolute atomic E-state index is 11.2. The lowest BCUT2D eigenvalue weighted by Gasteiger charge is -2.26. The number of methoxy groups -OCH3 is 1. The summed E-state index contributed by atoms with van der Waals surface area (Å²) in [6, 6.07) is 3.38. The lowest BCUT2D eigenvalue weighted by Crippen LogP contribution is -2.39. The Labute approximate surface area is 115 Å². The zero-order valence-corrected chi connectivity index (χ0v) is 11.2. The molecule has 1 atom stereocenters. The quantitative estimate of drug-likeness (QED) is 0.719. The summed E-state index contributed by atoms with van der Waals surface area (Å²) in [5, 5.41) is 3.25. The molecule has 4 N–H and O–H groups in total. The fourth-order valence-corrected chi connectivity index (χ4v) is 2.38. The molecule has 0 saturated carbocycles. The Morgan fingerprint density at radius 2 is 2.40 bits per heavy atom. The van der Waals surface area contributed by atoms with E-state index < -0.39 is 5.76 Å². The number of fused-ring (bicyclic) bond motifs is 1. The molecule has 1 fully saturated rings. The average molecular weight is 279 g/mol. The second-order valence-electron chi connectivity index (χ2n) is 4.99. The lowest BCUT2D eigenvalue weighted by atomic mass is 10.0. The summed E-state index contributed by atoms with van der Waals surface area (Å²) >= 11 is 0. The molecular formula is C13H17N3O4. The molecule has 0 radical (unpaired) electrons. The van der Waals surface area contributed by atoms with Gasteiger partial charge in [-0.05, 0) is 6.07 Å². The van der Waals surface area contributed by atoms with Crippen LogP contribution in [0.1, 0.15) is 6.42 Å². The first-order valence-corrected chi connectivity index (χ1v) is 6.41. The van der Waals surface area contributed by atoms with Gasteiger partial charge in [-0.25, -0.2) is 4.79 Å². The van der Waals surface area contributed by atoms with Gasteiger partial charge in [0.05, 0.1) is 23.5 Å². The summed E-state index contributed by atoms with van der Waals surface area (Å²) in [6.45, 7) is 1.83. The van der Waals surface area contributed by atoms with E-state index in [-0.39, 0.29) is 5.60 Å². The number of aromatic amines is 1. The Hall–Kier alpha value is -1.99. The van der Waals surface area contributed by atoms with Crippen molar-refractivity contribution in [3.63, 3.8) is 0 Å². The molecule has 2 aromatic rings. The van der Waals surface area contributed by atoms with Crippen molar-refractivity contribution in [1.29, 1.82) is 0 Å². The van der Waals surface area contributed by atoms with Gasteiger partial charge < -0.3 is 24.9 Å². The first kappa shape index (κ1) is 13.0. The Morgan fingerprint density at radius 1 is 1.55 bits per heavy atom. The number of oxazole rings is 1. The molecule has 1 aromatic carbocycles. The van der Waals surface area contributed by atoms with Crippen LogP contribution in [0.2, 0.25) is 0 Å². The van der Waals surface area contributed by atoms with E-state index in [1.165, 1.54) is 0 Å². The first-order valence-electron chi connectivity index (χ1n) is 6.41. The van der Waals surface area contributed by atoms with Crippen molar-refractivity contribution in [1.82, 2.24) is 4.98 Å². The third-order valence-corrected chi connectivity index (χ3v) is 3.69. The number of aromatic nitrogens is 1. The highest BCUT2D eigenvalue weighted by molar-refractivity contribution is 5.85. The number of nitrogens with two attached hydrogens (primary N) is 1. The normalized spacial score (nSPS) is 22.4. The number of hydrogen-bond acceptors (Lipinski definition) is 6. The van der Waals surface area contributed by atoms with E-state index in [4.69, 9.17) is 19.6 Å². The number of nitrogen functional groups attached to an aromatic ring is 1. The molecular weight excluding hydrogens is 262 g/mol. The van der Waals surface area contributed by atoms with Crippen molar-refractivity contribution in [2.45, 2.75) is 12.0 Å². The molecule has 108 valence electrons. The van der Waals surface area contributed by atoms with Crippen molar-refractivity contribution in [2.24, 2.45) is 0 Å². The zero-order chi connectivity index (χ0) is 14.2. The molecule has 2 heterocycles. The minimum absolute atomic E-state index is 0.328. The molecule has 0 amide bonds. The fraction of sp³-hybridized carbons (Fsp3) is 0.462. The molecule has 7 heteroatoms. The number of H-pyrrole nitrogens is 1. The number of hydrogen-bond donors (Lipinski definition) is 3. The highest BCUT2D eigenvalue weighted by atomic mass is 16.5.